The summed E-state index contributed by atoms with van der Waals surface area (Å²) in [6.45, 7) is 7.44. The molecule has 3 N–H and O–H groups in total. The zero-order valence-electron chi connectivity index (χ0n) is 8.59. The molecule has 0 aromatic heterocycles. The van der Waals surface area contributed by atoms with Crippen molar-refractivity contribution >= 4 is 5.97 Å². The van der Waals surface area contributed by atoms with Gasteiger partial charge in [0, 0.05) is 12.4 Å². The van der Waals surface area contributed by atoms with Gasteiger partial charge in [-0.25, -0.2) is 0 Å². The fraction of sp³-hybridized carbons (Fsp3) is 0.667. The topological polar surface area (TPSA) is 61.4 Å². The number of carboxylic acid groups (broad SMARTS) is 1. The van der Waals surface area contributed by atoms with Gasteiger partial charge in [0.05, 0.1) is 5.92 Å². The van der Waals surface area contributed by atoms with Crippen LogP contribution < -0.4 is 10.6 Å². The van der Waals surface area contributed by atoms with E-state index >= 15 is 0 Å². The Labute approximate surface area is 79.0 Å². The van der Waals surface area contributed by atoms with Crippen LogP contribution >= 0.6 is 0 Å². The summed E-state index contributed by atoms with van der Waals surface area (Å²) < 4.78 is 0. The van der Waals surface area contributed by atoms with E-state index in [1.807, 2.05) is 12.4 Å². The third-order valence-corrected chi connectivity index (χ3v) is 1.47. The summed E-state index contributed by atoms with van der Waals surface area (Å²) in [5.74, 6) is -0.972. The molecule has 0 saturated heterocycles. The van der Waals surface area contributed by atoms with E-state index in [1.165, 1.54) is 0 Å². The lowest BCUT2D eigenvalue weighted by Gasteiger charge is -2.18. The number of nitrogens with one attached hydrogen (secondary N) is 2. The normalized spacial score (nSPS) is 17.0. The molecule has 0 aromatic rings. The summed E-state index contributed by atoms with van der Waals surface area (Å²) in [6, 6.07) is 0. The van der Waals surface area contributed by atoms with Crippen LogP contribution in [0.1, 0.15) is 27.7 Å². The molecule has 1 aliphatic heterocycles. The molecule has 0 atom stereocenters. The molecule has 4 heteroatoms. The molecule has 0 amide bonds. The minimum absolute atomic E-state index is 0.0833. The number of aliphatic carboxylic acids is 1. The average molecular weight is 186 g/mol. The Kier molecular flexibility index (Phi) is 4.31. The molecule has 1 rings (SSSR count). The second kappa shape index (κ2) is 4.74. The van der Waals surface area contributed by atoms with Gasteiger partial charge in [0.25, 0.3) is 0 Å². The van der Waals surface area contributed by atoms with Crippen molar-refractivity contribution in [1.82, 2.24) is 10.6 Å². The second-order valence-electron chi connectivity index (χ2n) is 3.74. The van der Waals surface area contributed by atoms with Gasteiger partial charge in [-0.05, 0) is 13.8 Å². The SMILES string of the molecule is CC(C)C(=O)O.CC1(C)NC=CN1. The number of hydrogen-bond donors (Lipinski definition) is 3. The molecule has 0 fully saturated rings. The van der Waals surface area contributed by atoms with E-state index < -0.39 is 5.97 Å². The van der Waals surface area contributed by atoms with Crippen molar-refractivity contribution in [2.75, 3.05) is 0 Å². The van der Waals surface area contributed by atoms with Crippen LogP contribution in [-0.4, -0.2) is 16.7 Å². The Balaban J connectivity index is 0.000000226. The zero-order chi connectivity index (χ0) is 10.5. The maximum Gasteiger partial charge on any atom is 0.305 e. The molecule has 1 heterocycles. The number of hydrogen-bond acceptors (Lipinski definition) is 3. The second-order valence-corrected chi connectivity index (χ2v) is 3.74. The van der Waals surface area contributed by atoms with Gasteiger partial charge < -0.3 is 15.7 Å². The molecule has 0 unspecified atom stereocenters. The van der Waals surface area contributed by atoms with Gasteiger partial charge >= 0.3 is 5.97 Å². The molecule has 0 radical (unpaired) electrons. The van der Waals surface area contributed by atoms with E-state index in [-0.39, 0.29) is 11.6 Å². The van der Waals surface area contributed by atoms with Gasteiger partial charge in [-0.1, -0.05) is 13.8 Å². The monoisotopic (exact) mass is 186 g/mol. The largest absolute Gasteiger partial charge is 0.481 e. The molecule has 76 valence electrons. The smallest absolute Gasteiger partial charge is 0.305 e. The first-order valence-electron chi connectivity index (χ1n) is 4.28. The van der Waals surface area contributed by atoms with E-state index in [0.29, 0.717) is 0 Å². The number of rotatable bonds is 1. The quantitative estimate of drug-likeness (QED) is 0.574. The van der Waals surface area contributed by atoms with Crippen LogP contribution in [0.5, 0.6) is 0 Å². The highest BCUT2D eigenvalue weighted by Crippen LogP contribution is 1.99. The highest BCUT2D eigenvalue weighted by molar-refractivity contribution is 5.68. The lowest BCUT2D eigenvalue weighted by atomic mass is 10.2. The minimum Gasteiger partial charge on any atom is -0.481 e. The Morgan fingerprint density at radius 3 is 1.69 bits per heavy atom. The first kappa shape index (κ1) is 11.8. The van der Waals surface area contributed by atoms with Crippen LogP contribution in [0, 0.1) is 5.92 Å². The maximum absolute atomic E-state index is 9.70. The van der Waals surface area contributed by atoms with Gasteiger partial charge in [0.15, 0.2) is 0 Å². The van der Waals surface area contributed by atoms with Gasteiger partial charge in [-0.2, -0.15) is 0 Å². The molecule has 13 heavy (non-hydrogen) atoms. The predicted octanol–water partition coefficient (Wildman–Crippen LogP) is 1.11. The van der Waals surface area contributed by atoms with Crippen LogP contribution in [0.4, 0.5) is 0 Å². The van der Waals surface area contributed by atoms with Crippen LogP contribution in [0.25, 0.3) is 0 Å². The number of carbonyl (C=O) groups is 1. The predicted molar refractivity (Wildman–Crippen MR) is 52.0 cm³/mol. The molecule has 4 nitrogen and oxygen atoms in total. The molecule has 0 bridgehead atoms. The van der Waals surface area contributed by atoms with Crippen molar-refractivity contribution < 1.29 is 9.90 Å². The summed E-state index contributed by atoms with van der Waals surface area (Å²) in [5, 5.41) is 14.2. The lowest BCUT2D eigenvalue weighted by molar-refractivity contribution is -0.140. The van der Waals surface area contributed by atoms with E-state index in [9.17, 15) is 4.79 Å². The van der Waals surface area contributed by atoms with E-state index in [1.54, 1.807) is 13.8 Å². The van der Waals surface area contributed by atoms with E-state index in [2.05, 4.69) is 24.5 Å². The number of carboxylic acids is 1. The Bertz CT molecular complexity index is 188. The Morgan fingerprint density at radius 2 is 1.62 bits per heavy atom. The molecule has 0 saturated carbocycles. The highest BCUT2D eigenvalue weighted by atomic mass is 16.4. The maximum atomic E-state index is 9.70. The molecular formula is C9H18N2O2. The first-order valence-corrected chi connectivity index (χ1v) is 4.28. The van der Waals surface area contributed by atoms with Crippen LogP contribution in [0.3, 0.4) is 0 Å². The van der Waals surface area contributed by atoms with E-state index in [0.717, 1.165) is 0 Å². The van der Waals surface area contributed by atoms with Crippen molar-refractivity contribution in [3.8, 4) is 0 Å². The molecular weight excluding hydrogens is 168 g/mol. The van der Waals surface area contributed by atoms with Gasteiger partial charge in [-0.15, -0.1) is 0 Å². The van der Waals surface area contributed by atoms with E-state index in [4.69, 9.17) is 5.11 Å². The van der Waals surface area contributed by atoms with Crippen molar-refractivity contribution in [2.24, 2.45) is 5.92 Å². The molecule has 0 aromatic carbocycles. The average Bonchev–Trinajstić information content (AvgIpc) is 2.35. The van der Waals surface area contributed by atoms with Crippen LogP contribution in [-0.2, 0) is 4.79 Å². The van der Waals surface area contributed by atoms with Crippen molar-refractivity contribution in [2.45, 2.75) is 33.4 Å². The van der Waals surface area contributed by atoms with Crippen molar-refractivity contribution in [1.29, 1.82) is 0 Å². The third kappa shape index (κ3) is 6.02. The fourth-order valence-corrected chi connectivity index (χ4v) is 0.542. The van der Waals surface area contributed by atoms with Crippen LogP contribution in [0.2, 0.25) is 0 Å². The summed E-state index contributed by atoms with van der Waals surface area (Å²) in [7, 11) is 0. The fourth-order valence-electron chi connectivity index (χ4n) is 0.542. The van der Waals surface area contributed by atoms with Crippen LogP contribution in [0.15, 0.2) is 12.4 Å². The first-order chi connectivity index (χ1) is 5.85. The van der Waals surface area contributed by atoms with Crippen molar-refractivity contribution in [3.63, 3.8) is 0 Å². The summed E-state index contributed by atoms with van der Waals surface area (Å²) in [5.41, 5.74) is 0.0833. The minimum atomic E-state index is -0.741. The Hall–Kier alpha value is -1.19. The standard InChI is InChI=1S/C5H10N2.C4H8O2/c1-5(2)6-3-4-7-5;1-3(2)4(5)6/h3-4,6-7H,1-2H3;3H,1-2H3,(H,5,6). The highest BCUT2D eigenvalue weighted by Gasteiger charge is 2.14. The zero-order valence-corrected chi connectivity index (χ0v) is 8.59. The van der Waals surface area contributed by atoms with Crippen molar-refractivity contribution in [3.05, 3.63) is 12.4 Å². The van der Waals surface area contributed by atoms with Gasteiger partial charge in [0.1, 0.15) is 5.66 Å². The molecule has 1 aliphatic rings. The third-order valence-electron chi connectivity index (χ3n) is 1.47. The van der Waals surface area contributed by atoms with Gasteiger partial charge in [-0.3, -0.25) is 4.79 Å². The summed E-state index contributed by atoms with van der Waals surface area (Å²) in [6.07, 6.45) is 3.81. The molecule has 0 spiro atoms. The summed E-state index contributed by atoms with van der Waals surface area (Å²) in [4.78, 5) is 9.70. The van der Waals surface area contributed by atoms with Gasteiger partial charge in [0.2, 0.25) is 0 Å². The molecule has 0 aliphatic carbocycles. The Morgan fingerprint density at radius 1 is 1.31 bits per heavy atom. The lowest BCUT2D eigenvalue weighted by Crippen LogP contribution is -2.41. The summed E-state index contributed by atoms with van der Waals surface area (Å²) >= 11 is 0.